The molecule has 0 fully saturated rings. The van der Waals surface area contributed by atoms with Crippen LogP contribution in [0.15, 0.2) is 60.0 Å². The molecule has 0 radical (unpaired) electrons. The number of carbonyl (C=O) groups excluding carboxylic acids is 1. The second kappa shape index (κ2) is 8.43. The molecule has 0 spiro atoms. The molecule has 160 valence electrons. The number of amides is 1. The quantitative estimate of drug-likeness (QED) is 0.416. The minimum absolute atomic E-state index is 0.281. The van der Waals surface area contributed by atoms with E-state index in [1.807, 2.05) is 6.07 Å². The van der Waals surface area contributed by atoms with Crippen molar-refractivity contribution < 1.29 is 18.0 Å². The molecule has 4 rings (SSSR count). The van der Waals surface area contributed by atoms with Crippen molar-refractivity contribution in [2.45, 2.75) is 12.6 Å². The second-order valence-corrected chi connectivity index (χ2v) is 7.91. The Morgan fingerprint density at radius 3 is 2.74 bits per heavy atom. The van der Waals surface area contributed by atoms with Gasteiger partial charge in [0.25, 0.3) is 5.91 Å². The lowest BCUT2D eigenvalue weighted by Crippen LogP contribution is -2.27. The zero-order chi connectivity index (χ0) is 22.0. The zero-order valence-corrected chi connectivity index (χ0v) is 17.1. The molecule has 1 amide bonds. The summed E-state index contributed by atoms with van der Waals surface area (Å²) in [6.45, 7) is 1.62. The van der Waals surface area contributed by atoms with Gasteiger partial charge in [-0.05, 0) is 36.8 Å². The lowest BCUT2D eigenvalue weighted by molar-refractivity contribution is -0.137. The monoisotopic (exact) mass is 444 g/mol. The summed E-state index contributed by atoms with van der Waals surface area (Å²) in [5.74, 6) is -0.420. The topological polar surface area (TPSA) is 71.2 Å². The first kappa shape index (κ1) is 20.9. The van der Waals surface area contributed by atoms with Crippen LogP contribution in [0.4, 0.5) is 29.7 Å². The highest BCUT2D eigenvalue weighted by Gasteiger charge is 2.30. The number of benzene rings is 2. The minimum Gasteiger partial charge on any atom is -0.398 e. The van der Waals surface area contributed by atoms with Crippen molar-refractivity contribution in [3.63, 3.8) is 0 Å². The predicted octanol–water partition coefficient (Wildman–Crippen LogP) is 5.43. The SMILES string of the molecule is Nc1ccc(N2CC=CCC2)cc1C(=O)Nc1nc(-c2cccc(C(F)(F)F)c2)cs1. The van der Waals surface area contributed by atoms with Gasteiger partial charge in [0.1, 0.15) is 0 Å². The minimum atomic E-state index is -4.43. The van der Waals surface area contributed by atoms with Gasteiger partial charge in [0, 0.05) is 35.4 Å². The standard InChI is InChI=1S/C22H19F3N4OS/c23-22(24,25)15-6-4-5-14(11-15)19-13-31-21(27-19)28-20(30)17-12-16(7-8-18(17)26)29-9-2-1-3-10-29/h1-2,4-8,11-13H,3,9-10,26H2,(H,27,28,30). The molecule has 0 atom stereocenters. The molecular formula is C22H19F3N4OS. The molecule has 9 heteroatoms. The third-order valence-corrected chi connectivity index (χ3v) is 5.67. The van der Waals surface area contributed by atoms with Gasteiger partial charge in [0.05, 0.1) is 16.8 Å². The molecule has 0 bridgehead atoms. The number of anilines is 3. The normalized spacial score (nSPS) is 14.0. The van der Waals surface area contributed by atoms with Gasteiger partial charge in [-0.2, -0.15) is 13.2 Å². The number of rotatable bonds is 4. The van der Waals surface area contributed by atoms with Gasteiger partial charge >= 0.3 is 6.18 Å². The Kier molecular flexibility index (Phi) is 5.69. The van der Waals surface area contributed by atoms with E-state index >= 15 is 0 Å². The van der Waals surface area contributed by atoms with Crippen LogP contribution in [0.5, 0.6) is 0 Å². The zero-order valence-electron chi connectivity index (χ0n) is 16.3. The van der Waals surface area contributed by atoms with E-state index in [0.717, 1.165) is 48.7 Å². The summed E-state index contributed by atoms with van der Waals surface area (Å²) in [4.78, 5) is 19.2. The largest absolute Gasteiger partial charge is 0.416 e. The van der Waals surface area contributed by atoms with E-state index < -0.39 is 17.6 Å². The smallest absolute Gasteiger partial charge is 0.398 e. The predicted molar refractivity (Wildman–Crippen MR) is 117 cm³/mol. The van der Waals surface area contributed by atoms with Gasteiger partial charge in [-0.15, -0.1) is 11.3 Å². The van der Waals surface area contributed by atoms with Crippen molar-refractivity contribution in [3.05, 3.63) is 71.1 Å². The van der Waals surface area contributed by atoms with Crippen LogP contribution in [-0.4, -0.2) is 24.0 Å². The first-order chi connectivity index (χ1) is 14.8. The van der Waals surface area contributed by atoms with Crippen molar-refractivity contribution in [2.24, 2.45) is 0 Å². The summed E-state index contributed by atoms with van der Waals surface area (Å²) in [6, 6.07) is 10.2. The van der Waals surface area contributed by atoms with Crippen molar-refractivity contribution in [1.29, 1.82) is 0 Å². The number of thiazole rings is 1. The van der Waals surface area contributed by atoms with Crippen molar-refractivity contribution in [3.8, 4) is 11.3 Å². The molecule has 0 unspecified atom stereocenters. The van der Waals surface area contributed by atoms with Crippen LogP contribution in [-0.2, 0) is 6.18 Å². The van der Waals surface area contributed by atoms with Crippen LogP contribution in [0.25, 0.3) is 11.3 Å². The summed E-state index contributed by atoms with van der Waals surface area (Å²) in [6.07, 6.45) is 0.690. The van der Waals surface area contributed by atoms with Crippen molar-refractivity contribution >= 4 is 33.8 Å². The summed E-state index contributed by atoms with van der Waals surface area (Å²) in [5.41, 5.74) is 7.50. The summed E-state index contributed by atoms with van der Waals surface area (Å²) < 4.78 is 38.9. The van der Waals surface area contributed by atoms with Gasteiger partial charge < -0.3 is 10.6 Å². The number of hydrogen-bond donors (Lipinski definition) is 2. The molecule has 3 N–H and O–H groups in total. The third kappa shape index (κ3) is 4.72. The van der Waals surface area contributed by atoms with Gasteiger partial charge in [-0.3, -0.25) is 10.1 Å². The molecule has 31 heavy (non-hydrogen) atoms. The molecule has 2 heterocycles. The van der Waals surface area contributed by atoms with Crippen LogP contribution in [0, 0.1) is 0 Å². The van der Waals surface area contributed by atoms with E-state index in [4.69, 9.17) is 5.73 Å². The van der Waals surface area contributed by atoms with Gasteiger partial charge in [-0.25, -0.2) is 4.98 Å². The number of nitrogens with zero attached hydrogens (tertiary/aromatic N) is 2. The Labute approximate surface area is 181 Å². The highest BCUT2D eigenvalue weighted by Crippen LogP contribution is 2.33. The van der Waals surface area contributed by atoms with Crippen LogP contribution in [0.3, 0.4) is 0 Å². The molecule has 1 aliphatic rings. The second-order valence-electron chi connectivity index (χ2n) is 7.05. The van der Waals surface area contributed by atoms with E-state index in [-0.39, 0.29) is 5.13 Å². The Balaban J connectivity index is 1.53. The number of nitrogens with one attached hydrogen (secondary N) is 1. The average molecular weight is 444 g/mol. The number of nitrogen functional groups attached to an aromatic ring is 1. The van der Waals surface area contributed by atoms with E-state index in [1.54, 1.807) is 23.6 Å². The first-order valence-corrected chi connectivity index (χ1v) is 10.4. The first-order valence-electron chi connectivity index (χ1n) is 9.55. The maximum atomic E-state index is 13.0. The molecule has 0 aliphatic carbocycles. The Bertz CT molecular complexity index is 1140. The fraction of sp³-hybridized carbons (Fsp3) is 0.182. The highest BCUT2D eigenvalue weighted by atomic mass is 32.1. The Hall–Kier alpha value is -3.33. The lowest BCUT2D eigenvalue weighted by Gasteiger charge is -2.26. The molecular weight excluding hydrogens is 425 g/mol. The van der Waals surface area contributed by atoms with Crippen LogP contribution in [0.1, 0.15) is 22.3 Å². The number of carbonyl (C=O) groups is 1. The number of nitrogens with two attached hydrogens (primary N) is 1. The fourth-order valence-electron chi connectivity index (χ4n) is 3.30. The molecule has 1 aromatic heterocycles. The lowest BCUT2D eigenvalue weighted by atomic mass is 10.1. The Morgan fingerprint density at radius 1 is 1.16 bits per heavy atom. The van der Waals surface area contributed by atoms with Crippen molar-refractivity contribution in [2.75, 3.05) is 29.0 Å². The van der Waals surface area contributed by atoms with E-state index in [1.165, 1.54) is 6.07 Å². The van der Waals surface area contributed by atoms with E-state index in [9.17, 15) is 18.0 Å². The molecule has 1 aliphatic heterocycles. The number of halogens is 3. The maximum absolute atomic E-state index is 13.0. The number of alkyl halides is 3. The fourth-order valence-corrected chi connectivity index (χ4v) is 4.01. The van der Waals surface area contributed by atoms with E-state index in [2.05, 4.69) is 27.4 Å². The highest BCUT2D eigenvalue weighted by molar-refractivity contribution is 7.14. The molecule has 0 saturated carbocycles. The van der Waals surface area contributed by atoms with Crippen LogP contribution in [0.2, 0.25) is 0 Å². The van der Waals surface area contributed by atoms with Gasteiger partial charge in [0.15, 0.2) is 5.13 Å². The maximum Gasteiger partial charge on any atom is 0.416 e. The number of hydrogen-bond acceptors (Lipinski definition) is 5. The molecule has 3 aromatic rings. The summed E-state index contributed by atoms with van der Waals surface area (Å²) in [7, 11) is 0. The van der Waals surface area contributed by atoms with Gasteiger partial charge in [-0.1, -0.05) is 24.3 Å². The van der Waals surface area contributed by atoms with Crippen molar-refractivity contribution in [1.82, 2.24) is 4.98 Å². The summed E-state index contributed by atoms with van der Waals surface area (Å²) in [5, 5.41) is 4.58. The average Bonchev–Trinajstić information content (AvgIpc) is 3.22. The summed E-state index contributed by atoms with van der Waals surface area (Å²) >= 11 is 1.13. The molecule has 5 nitrogen and oxygen atoms in total. The third-order valence-electron chi connectivity index (χ3n) is 4.92. The van der Waals surface area contributed by atoms with E-state index in [0.29, 0.717) is 22.5 Å². The van der Waals surface area contributed by atoms with Gasteiger partial charge in [0.2, 0.25) is 0 Å². The molecule has 0 saturated heterocycles. The Morgan fingerprint density at radius 2 is 2.00 bits per heavy atom. The number of aromatic nitrogens is 1. The van der Waals surface area contributed by atoms with Crippen LogP contribution >= 0.6 is 11.3 Å². The van der Waals surface area contributed by atoms with Crippen LogP contribution < -0.4 is 16.0 Å². The molecule has 2 aromatic carbocycles.